The van der Waals surface area contributed by atoms with Crippen LogP contribution in [0.4, 0.5) is 0 Å². The molecule has 0 aromatic heterocycles. The Labute approximate surface area is 374 Å². The van der Waals surface area contributed by atoms with Gasteiger partial charge in [0.1, 0.15) is 0 Å². The molecule has 18 nitrogen and oxygen atoms in total. The van der Waals surface area contributed by atoms with E-state index in [-0.39, 0.29) is 5.91 Å². The molecule has 0 radical (unpaired) electrons. The molecule has 0 spiro atoms. The fourth-order valence-corrected chi connectivity index (χ4v) is 7.92. The predicted octanol–water partition coefficient (Wildman–Crippen LogP) is 2.71. The van der Waals surface area contributed by atoms with Gasteiger partial charge in [0.25, 0.3) is 0 Å². The van der Waals surface area contributed by atoms with E-state index in [0.717, 1.165) is 18.1 Å². The first-order chi connectivity index (χ1) is 30.3. The van der Waals surface area contributed by atoms with E-state index in [4.69, 9.17) is 75.8 Å². The van der Waals surface area contributed by atoms with E-state index in [1.807, 2.05) is 21.6 Å². The molecule has 364 valence electrons. The van der Waals surface area contributed by atoms with Gasteiger partial charge in [-0.2, -0.15) is 0 Å². The molecule has 1 aliphatic heterocycles. The average molecular weight is 924 g/mol. The molecule has 1 atom stereocenters. The third-order valence-electron chi connectivity index (χ3n) is 8.12. The number of ether oxygens (including phenoxy) is 16. The first-order valence-corrected chi connectivity index (χ1v) is 24.4. The normalized spacial score (nSPS) is 14.1. The van der Waals surface area contributed by atoms with Crippen LogP contribution in [0.3, 0.4) is 0 Å². The van der Waals surface area contributed by atoms with Gasteiger partial charge in [0.05, 0.1) is 205 Å². The smallest absolute Gasteiger partial charge is 0.220 e. The van der Waals surface area contributed by atoms with Gasteiger partial charge in [-0.05, 0) is 19.3 Å². The standard InChI is InChI=1S/C41H81NO17S2/c1-44-9-10-46-13-14-48-17-18-50-21-22-52-25-26-54-29-30-56-33-34-58-37-38-59-36-35-57-32-31-55-28-27-53-24-23-51-20-19-49-16-15-47-12-11-45-8-7-42-41(43)5-3-2-4-40-6-39-60-61-40/h40H,2-39H2,1H3,(H,42,43). The van der Waals surface area contributed by atoms with Gasteiger partial charge in [0, 0.05) is 31.1 Å². The Kier molecular flexibility index (Phi) is 50.1. The molecule has 0 aromatic carbocycles. The minimum absolute atomic E-state index is 0.106. The number of hydrogen-bond donors (Lipinski definition) is 1. The second-order valence-electron chi connectivity index (χ2n) is 13.1. The van der Waals surface area contributed by atoms with Crippen molar-refractivity contribution in [1.29, 1.82) is 0 Å². The fraction of sp³-hybridized carbons (Fsp3) is 0.976. The molecular weight excluding hydrogens is 843 g/mol. The molecule has 1 unspecified atom stereocenters. The molecule has 0 saturated carbocycles. The van der Waals surface area contributed by atoms with Gasteiger partial charge in [-0.15, -0.1) is 0 Å². The highest BCUT2D eigenvalue weighted by molar-refractivity contribution is 8.77. The number of unbranched alkanes of at least 4 members (excludes halogenated alkanes) is 1. The van der Waals surface area contributed by atoms with Gasteiger partial charge in [-0.1, -0.05) is 28.0 Å². The summed E-state index contributed by atoms with van der Waals surface area (Å²) in [6.45, 7) is 16.3. The zero-order chi connectivity index (χ0) is 43.5. The molecule has 1 amide bonds. The van der Waals surface area contributed by atoms with Crippen LogP contribution in [0.25, 0.3) is 0 Å². The molecule has 1 saturated heterocycles. The molecule has 1 fully saturated rings. The Morgan fingerprint density at radius 1 is 0.410 bits per heavy atom. The van der Waals surface area contributed by atoms with Crippen molar-refractivity contribution in [3.8, 4) is 0 Å². The number of hydrogen-bond acceptors (Lipinski definition) is 19. The maximum absolute atomic E-state index is 11.9. The summed E-state index contributed by atoms with van der Waals surface area (Å²) in [7, 11) is 5.61. The average Bonchev–Trinajstić information content (AvgIpc) is 3.80. The lowest BCUT2D eigenvalue weighted by molar-refractivity contribution is -0.121. The van der Waals surface area contributed by atoms with Gasteiger partial charge in [0.15, 0.2) is 0 Å². The van der Waals surface area contributed by atoms with Crippen LogP contribution in [0.5, 0.6) is 0 Å². The van der Waals surface area contributed by atoms with E-state index in [9.17, 15) is 4.79 Å². The third kappa shape index (κ3) is 48.8. The van der Waals surface area contributed by atoms with Crippen molar-refractivity contribution < 1.29 is 80.6 Å². The molecule has 1 heterocycles. The lowest BCUT2D eigenvalue weighted by atomic mass is 10.1. The van der Waals surface area contributed by atoms with Crippen LogP contribution in [0, 0.1) is 0 Å². The van der Waals surface area contributed by atoms with Crippen molar-refractivity contribution >= 4 is 27.5 Å². The summed E-state index contributed by atoms with van der Waals surface area (Å²) in [4.78, 5) is 11.9. The molecule has 0 aromatic rings. The largest absolute Gasteiger partial charge is 0.382 e. The van der Waals surface area contributed by atoms with Gasteiger partial charge in [-0.25, -0.2) is 0 Å². The first kappa shape index (κ1) is 58.5. The fourth-order valence-electron chi connectivity index (χ4n) is 4.90. The zero-order valence-electron chi connectivity index (χ0n) is 37.2. The van der Waals surface area contributed by atoms with E-state index in [1.165, 1.54) is 18.6 Å². The summed E-state index contributed by atoms with van der Waals surface area (Å²) in [5.74, 6) is 1.37. The number of amides is 1. The van der Waals surface area contributed by atoms with E-state index in [2.05, 4.69) is 5.32 Å². The molecule has 0 aliphatic carbocycles. The Hall–Kier alpha value is -0.470. The molecule has 61 heavy (non-hydrogen) atoms. The molecular formula is C41H81NO17S2. The third-order valence-corrected chi connectivity index (χ3v) is 11.1. The number of rotatable bonds is 53. The van der Waals surface area contributed by atoms with Gasteiger partial charge >= 0.3 is 0 Å². The Bertz CT molecular complexity index is 858. The van der Waals surface area contributed by atoms with Crippen LogP contribution in [-0.4, -0.2) is 235 Å². The SMILES string of the molecule is COCCOCCOCCOCCOCCOCCOCCOCCOCCOCCOCCOCCOCCOCCOCCOCCNC(=O)CCCCC1CCSS1. The summed E-state index contributed by atoms with van der Waals surface area (Å²) >= 11 is 0. The topological polar surface area (TPSA) is 177 Å². The maximum atomic E-state index is 11.9. The Balaban J connectivity index is 1.60. The van der Waals surface area contributed by atoms with Crippen molar-refractivity contribution in [3.05, 3.63) is 0 Å². The summed E-state index contributed by atoms with van der Waals surface area (Å²) in [5, 5.41) is 3.70. The molecule has 0 bridgehead atoms. The van der Waals surface area contributed by atoms with E-state index < -0.39 is 0 Å². The van der Waals surface area contributed by atoms with Crippen molar-refractivity contribution in [2.24, 2.45) is 0 Å². The van der Waals surface area contributed by atoms with Crippen LogP contribution in [0.2, 0.25) is 0 Å². The Morgan fingerprint density at radius 3 is 0.951 bits per heavy atom. The van der Waals surface area contributed by atoms with Crippen molar-refractivity contribution in [2.45, 2.75) is 37.4 Å². The highest BCUT2D eigenvalue weighted by atomic mass is 33.1. The zero-order valence-corrected chi connectivity index (χ0v) is 38.8. The van der Waals surface area contributed by atoms with Crippen LogP contribution in [0.15, 0.2) is 0 Å². The van der Waals surface area contributed by atoms with E-state index in [1.54, 1.807) is 7.11 Å². The molecule has 20 heteroatoms. The minimum atomic E-state index is 0.106. The van der Waals surface area contributed by atoms with Gasteiger partial charge in [0.2, 0.25) is 5.91 Å². The van der Waals surface area contributed by atoms with Crippen LogP contribution in [0.1, 0.15) is 32.1 Å². The second kappa shape index (κ2) is 52.2. The van der Waals surface area contributed by atoms with Gasteiger partial charge < -0.3 is 81.1 Å². The van der Waals surface area contributed by atoms with E-state index >= 15 is 0 Å². The first-order valence-electron chi connectivity index (χ1n) is 22.0. The monoisotopic (exact) mass is 923 g/mol. The lowest BCUT2D eigenvalue weighted by Crippen LogP contribution is -2.27. The van der Waals surface area contributed by atoms with Crippen LogP contribution in [-0.2, 0) is 80.6 Å². The summed E-state index contributed by atoms with van der Waals surface area (Å²) in [5.41, 5.74) is 0. The van der Waals surface area contributed by atoms with Crippen LogP contribution < -0.4 is 5.32 Å². The highest BCUT2D eigenvalue weighted by Gasteiger charge is 2.15. The van der Waals surface area contributed by atoms with Gasteiger partial charge in [-0.3, -0.25) is 4.79 Å². The molecule has 1 N–H and O–H groups in total. The van der Waals surface area contributed by atoms with Crippen molar-refractivity contribution in [1.82, 2.24) is 5.32 Å². The van der Waals surface area contributed by atoms with E-state index in [0.29, 0.717) is 218 Å². The lowest BCUT2D eigenvalue weighted by Gasteiger charge is -2.09. The van der Waals surface area contributed by atoms with Crippen LogP contribution >= 0.6 is 21.6 Å². The number of carbonyl (C=O) groups excluding carboxylic acids is 1. The predicted molar refractivity (Wildman–Crippen MR) is 234 cm³/mol. The minimum Gasteiger partial charge on any atom is -0.382 e. The number of nitrogens with one attached hydrogen (secondary N) is 1. The Morgan fingerprint density at radius 2 is 0.689 bits per heavy atom. The molecule has 1 aliphatic rings. The van der Waals surface area contributed by atoms with Crippen molar-refractivity contribution in [3.63, 3.8) is 0 Å². The van der Waals surface area contributed by atoms with Crippen molar-refractivity contribution in [2.75, 3.05) is 224 Å². The summed E-state index contributed by atoms with van der Waals surface area (Å²) in [6.07, 6.45) is 5.20. The number of methoxy groups -OCH3 is 1. The summed E-state index contributed by atoms with van der Waals surface area (Å²) < 4.78 is 87.1. The number of carbonyl (C=O) groups is 1. The quantitative estimate of drug-likeness (QED) is 0.0696. The second-order valence-corrected chi connectivity index (χ2v) is 15.9. The maximum Gasteiger partial charge on any atom is 0.220 e. The highest BCUT2D eigenvalue weighted by Crippen LogP contribution is 2.39. The summed E-state index contributed by atoms with van der Waals surface area (Å²) in [6, 6.07) is 0. The molecule has 1 rings (SSSR count).